The van der Waals surface area contributed by atoms with Crippen LogP contribution in [-0.2, 0) is 46.1 Å². The van der Waals surface area contributed by atoms with E-state index in [0.717, 1.165) is 6.20 Å². The van der Waals surface area contributed by atoms with Crippen LogP contribution in [0.25, 0.3) is 21.6 Å². The van der Waals surface area contributed by atoms with Crippen molar-refractivity contribution in [1.29, 1.82) is 0 Å². The van der Waals surface area contributed by atoms with Crippen molar-refractivity contribution in [2.45, 2.75) is 55.8 Å². The van der Waals surface area contributed by atoms with Gasteiger partial charge in [0.1, 0.15) is 24.4 Å². The van der Waals surface area contributed by atoms with Crippen LogP contribution in [0, 0.1) is 10.1 Å². The summed E-state index contributed by atoms with van der Waals surface area (Å²) in [5, 5.41) is 15.4. The second-order valence-corrected chi connectivity index (χ2v) is 19.2. The minimum atomic E-state index is -1.87. The topological polar surface area (TPSA) is 318 Å². The SMILES string of the molecule is CN(C)/C=N/c1nc2ncc([C@H](OC(=O)c3ccccc3)[C@@H](CO[C@H]3O[C@H](COC(=O)c4ccccc4)[C@@H](OC(=O)c4ccccc4)[C@H](OC(=O)c4ccccc4)[C@H]3N=[N+]=[N-])OC(=O)c3ccccc3)nc2c(=O)n1CCc1ccc([N+](=O)[O-])cc1. The molecular formula is C61H52N10O15. The van der Waals surface area contributed by atoms with Gasteiger partial charge in [-0.3, -0.25) is 19.5 Å². The van der Waals surface area contributed by atoms with E-state index in [2.05, 4.69) is 30.0 Å². The molecule has 2 aromatic heterocycles. The highest BCUT2D eigenvalue weighted by atomic mass is 16.7. The number of nitrogens with zero attached hydrogens (tertiary/aromatic N) is 10. The highest BCUT2D eigenvalue weighted by Gasteiger charge is 2.52. The molecule has 0 aliphatic carbocycles. The molecule has 9 rings (SSSR count). The van der Waals surface area contributed by atoms with E-state index >= 15 is 0 Å². The Bertz CT molecular complexity index is 3840. The molecule has 0 radical (unpaired) electrons. The Morgan fingerprint density at radius 1 is 0.709 bits per heavy atom. The molecular weight excluding hydrogens is 1110 g/mol. The number of azide groups is 1. The van der Waals surface area contributed by atoms with E-state index in [1.165, 1.54) is 83.7 Å². The molecule has 0 bridgehead atoms. The lowest BCUT2D eigenvalue weighted by molar-refractivity contribution is -0.384. The van der Waals surface area contributed by atoms with Crippen LogP contribution in [0.1, 0.15) is 69.2 Å². The Morgan fingerprint density at radius 3 is 1.74 bits per heavy atom. The fourth-order valence-electron chi connectivity index (χ4n) is 8.83. The van der Waals surface area contributed by atoms with Gasteiger partial charge in [0.05, 0.1) is 51.9 Å². The van der Waals surface area contributed by atoms with Crippen LogP contribution in [0.2, 0.25) is 0 Å². The zero-order chi connectivity index (χ0) is 60.5. The molecule has 3 heterocycles. The Morgan fingerprint density at radius 2 is 1.22 bits per heavy atom. The molecule has 0 spiro atoms. The summed E-state index contributed by atoms with van der Waals surface area (Å²) in [7, 11) is 3.41. The number of nitro groups is 1. The van der Waals surface area contributed by atoms with E-state index in [9.17, 15) is 44.4 Å². The second-order valence-electron chi connectivity index (χ2n) is 19.2. The van der Waals surface area contributed by atoms with Crippen molar-refractivity contribution in [3.05, 3.63) is 252 Å². The summed E-state index contributed by atoms with van der Waals surface area (Å²) in [6.45, 7) is -1.61. The molecule has 1 aliphatic rings. The van der Waals surface area contributed by atoms with E-state index in [4.69, 9.17) is 33.2 Å². The van der Waals surface area contributed by atoms with Gasteiger partial charge in [-0.05, 0) is 78.2 Å². The van der Waals surface area contributed by atoms with Gasteiger partial charge in [-0.1, -0.05) is 108 Å². The van der Waals surface area contributed by atoms with Gasteiger partial charge >= 0.3 is 29.8 Å². The van der Waals surface area contributed by atoms with Crippen molar-refractivity contribution in [2.75, 3.05) is 27.3 Å². The number of esters is 5. The number of nitro benzene ring substituents is 1. The number of aromatic nitrogens is 4. The third-order valence-corrected chi connectivity index (χ3v) is 13.1. The van der Waals surface area contributed by atoms with E-state index < -0.39 is 96.4 Å². The summed E-state index contributed by atoms with van der Waals surface area (Å²) in [6.07, 6.45) is -7.83. The normalized spacial score (nSPS) is 17.0. The van der Waals surface area contributed by atoms with E-state index in [1.54, 1.807) is 122 Å². The van der Waals surface area contributed by atoms with Crippen LogP contribution in [0.3, 0.4) is 0 Å². The largest absolute Gasteiger partial charge is 0.459 e. The first-order valence-electron chi connectivity index (χ1n) is 26.5. The summed E-state index contributed by atoms with van der Waals surface area (Å²) >= 11 is 0. The number of rotatable bonds is 23. The molecule has 25 heteroatoms. The van der Waals surface area contributed by atoms with Crippen molar-refractivity contribution in [3.63, 3.8) is 0 Å². The zero-order valence-electron chi connectivity index (χ0n) is 45.9. The second kappa shape index (κ2) is 28.3. The summed E-state index contributed by atoms with van der Waals surface area (Å²) in [5.74, 6) is -4.75. The van der Waals surface area contributed by atoms with Crippen LogP contribution in [-0.4, -0.2) is 130 Å². The van der Waals surface area contributed by atoms with Crippen molar-refractivity contribution >= 4 is 59.0 Å². The summed E-state index contributed by atoms with van der Waals surface area (Å²) < 4.78 is 44.5. The molecule has 1 saturated heterocycles. The molecule has 86 heavy (non-hydrogen) atoms. The molecule has 0 saturated carbocycles. The number of benzene rings is 6. The fraction of sp³-hybridized carbons (Fsp3) is 0.213. The van der Waals surface area contributed by atoms with Crippen molar-refractivity contribution in [1.82, 2.24) is 24.4 Å². The summed E-state index contributed by atoms with van der Waals surface area (Å²) in [4.78, 5) is 119. The van der Waals surface area contributed by atoms with Gasteiger partial charge in [-0.25, -0.2) is 38.9 Å². The van der Waals surface area contributed by atoms with Gasteiger partial charge in [0, 0.05) is 37.7 Å². The molecule has 1 aliphatic heterocycles. The van der Waals surface area contributed by atoms with Crippen LogP contribution < -0.4 is 5.56 Å². The van der Waals surface area contributed by atoms with Gasteiger partial charge in [0.25, 0.3) is 11.2 Å². The Kier molecular flexibility index (Phi) is 19.6. The molecule has 6 aromatic carbocycles. The number of hydrogen-bond donors (Lipinski definition) is 0. The molecule has 0 amide bonds. The highest BCUT2D eigenvalue weighted by molar-refractivity contribution is 5.92. The molecule has 0 unspecified atom stereocenters. The highest BCUT2D eigenvalue weighted by Crippen LogP contribution is 2.34. The van der Waals surface area contributed by atoms with Crippen LogP contribution in [0.15, 0.2) is 197 Å². The average molecular weight is 1170 g/mol. The van der Waals surface area contributed by atoms with Gasteiger partial charge in [0.15, 0.2) is 41.9 Å². The summed E-state index contributed by atoms with van der Waals surface area (Å²) in [5.41, 5.74) is 9.45. The number of carbonyl (C=O) groups is 5. The third kappa shape index (κ3) is 15.0. The average Bonchev–Trinajstić information content (AvgIpc) is 1.69. The number of ether oxygens (including phenoxy) is 7. The predicted molar refractivity (Wildman–Crippen MR) is 306 cm³/mol. The maximum Gasteiger partial charge on any atom is 0.338 e. The lowest BCUT2D eigenvalue weighted by Gasteiger charge is -2.43. The summed E-state index contributed by atoms with van der Waals surface area (Å²) in [6, 6.07) is 42.8. The predicted octanol–water partition coefficient (Wildman–Crippen LogP) is 8.41. The van der Waals surface area contributed by atoms with E-state index in [1.807, 2.05) is 0 Å². The van der Waals surface area contributed by atoms with Crippen LogP contribution in [0.5, 0.6) is 0 Å². The number of fused-ring (bicyclic) bond motifs is 1. The molecule has 1 fully saturated rings. The Hall–Kier alpha value is -11.0. The van der Waals surface area contributed by atoms with Crippen molar-refractivity contribution in [2.24, 2.45) is 10.1 Å². The number of carbonyl (C=O) groups excluding carboxylic acids is 5. The zero-order valence-corrected chi connectivity index (χ0v) is 45.9. The number of aryl methyl sites for hydroxylation is 1. The number of hydrogen-bond acceptors (Lipinski definition) is 20. The fourth-order valence-corrected chi connectivity index (χ4v) is 8.83. The Balaban J connectivity index is 1.14. The monoisotopic (exact) mass is 1160 g/mol. The van der Waals surface area contributed by atoms with Gasteiger partial charge in [-0.2, -0.15) is 4.98 Å². The quantitative estimate of drug-likeness (QED) is 0.00667. The van der Waals surface area contributed by atoms with Gasteiger partial charge < -0.3 is 38.1 Å². The first-order chi connectivity index (χ1) is 41.7. The third-order valence-electron chi connectivity index (χ3n) is 13.1. The van der Waals surface area contributed by atoms with Gasteiger partial charge in [0.2, 0.25) is 5.95 Å². The first-order valence-corrected chi connectivity index (χ1v) is 26.5. The molecule has 436 valence electrons. The van der Waals surface area contributed by atoms with E-state index in [0.29, 0.717) is 5.56 Å². The van der Waals surface area contributed by atoms with Crippen LogP contribution >= 0.6 is 0 Å². The standard InChI is InChI=1S/C61H52N10O15/c1-69(2)37-64-61-66-53-49(54(72)70(61)33-32-38-28-30-44(31-29-38)71(78)79)65-45(34-63-53)50(84-57(75)41-22-12-5-13-23-41)46(82-56(74)40-20-10-4-11-21-40)36-81-60-48(67-68-62)52(86-59(77)43-26-16-7-17-27-43)51(85-58(76)42-24-14-6-15-25-42)47(83-60)35-80-55(73)39-18-8-3-9-19-39/h3-31,34,37,46-48,50-52,60H,32-33,35-36H2,1-2H3/b64-37+/t46-,47-,48-,50+,51-,52-,60+/m1/s1. The van der Waals surface area contributed by atoms with Crippen molar-refractivity contribution < 1.29 is 62.1 Å². The van der Waals surface area contributed by atoms with E-state index in [-0.39, 0.29) is 69.3 Å². The molecule has 8 aromatic rings. The lowest BCUT2D eigenvalue weighted by atomic mass is 9.96. The van der Waals surface area contributed by atoms with Gasteiger partial charge in [-0.15, -0.1) is 0 Å². The number of non-ortho nitro benzene ring substituents is 1. The lowest BCUT2D eigenvalue weighted by Crippen LogP contribution is -2.61. The Labute approximate surface area is 489 Å². The minimum absolute atomic E-state index is 0.0262. The van der Waals surface area contributed by atoms with Crippen molar-refractivity contribution in [3.8, 4) is 0 Å². The maximum atomic E-state index is 14.8. The molecule has 0 N–H and O–H groups in total. The smallest absolute Gasteiger partial charge is 0.338 e. The molecule has 25 nitrogen and oxygen atoms in total. The first kappa shape index (κ1) is 59.6. The maximum absolute atomic E-state index is 14.8. The molecule has 7 atom stereocenters. The number of aliphatic imine (C=N–C) groups is 1. The minimum Gasteiger partial charge on any atom is -0.459 e. The van der Waals surface area contributed by atoms with Crippen LogP contribution in [0.4, 0.5) is 11.6 Å².